The van der Waals surface area contributed by atoms with Gasteiger partial charge in [-0.25, -0.2) is 8.42 Å². The van der Waals surface area contributed by atoms with Crippen molar-refractivity contribution in [1.29, 1.82) is 0 Å². The van der Waals surface area contributed by atoms with Crippen molar-refractivity contribution in [2.24, 2.45) is 0 Å². The van der Waals surface area contributed by atoms with Gasteiger partial charge in [-0.15, -0.1) is 11.3 Å². The molecule has 2 heterocycles. The molecule has 8 heteroatoms. The van der Waals surface area contributed by atoms with Gasteiger partial charge in [-0.1, -0.05) is 48.0 Å². The van der Waals surface area contributed by atoms with Crippen molar-refractivity contribution in [3.8, 4) is 0 Å². The zero-order valence-corrected chi connectivity index (χ0v) is 18.0. The fourth-order valence-electron chi connectivity index (χ4n) is 3.45. The van der Waals surface area contributed by atoms with Crippen LogP contribution >= 0.6 is 22.9 Å². The molecular formula is C21H19ClN2O3S2. The van der Waals surface area contributed by atoms with Crippen molar-refractivity contribution in [1.82, 2.24) is 4.31 Å². The molecular weight excluding hydrogens is 428 g/mol. The highest BCUT2D eigenvalue weighted by Crippen LogP contribution is 2.31. The first-order valence-corrected chi connectivity index (χ1v) is 11.7. The Hall–Kier alpha value is -2.19. The molecule has 1 atom stereocenters. The first kappa shape index (κ1) is 20.1. The number of aryl methyl sites for hydroxylation is 1. The number of thiophene rings is 1. The summed E-state index contributed by atoms with van der Waals surface area (Å²) in [7, 11) is -3.80. The Balaban J connectivity index is 1.72. The number of amides is 1. The van der Waals surface area contributed by atoms with Crippen LogP contribution in [0.5, 0.6) is 0 Å². The molecule has 1 aliphatic heterocycles. The Bertz CT molecular complexity index is 1160. The first-order chi connectivity index (χ1) is 13.9. The lowest BCUT2D eigenvalue weighted by Crippen LogP contribution is -2.50. The average molecular weight is 447 g/mol. The lowest BCUT2D eigenvalue weighted by molar-refractivity contribution is -0.120. The SMILES string of the molecule is Cc1ccc(Cl)cc1NC(=O)C1Cc2ccccc2CN1S(=O)(=O)c1cccs1. The van der Waals surface area contributed by atoms with E-state index < -0.39 is 16.1 Å². The average Bonchev–Trinajstić information content (AvgIpc) is 3.25. The minimum absolute atomic E-state index is 0.156. The van der Waals surface area contributed by atoms with Crippen molar-refractivity contribution in [3.05, 3.63) is 81.7 Å². The summed E-state index contributed by atoms with van der Waals surface area (Å²) in [4.78, 5) is 13.2. The van der Waals surface area contributed by atoms with Gasteiger partial charge in [0.05, 0.1) is 0 Å². The molecule has 5 nitrogen and oxygen atoms in total. The third-order valence-electron chi connectivity index (χ3n) is 5.02. The van der Waals surface area contributed by atoms with Gasteiger partial charge in [0.1, 0.15) is 10.3 Å². The third kappa shape index (κ3) is 3.96. The topological polar surface area (TPSA) is 66.5 Å². The van der Waals surface area contributed by atoms with Crippen LogP contribution < -0.4 is 5.32 Å². The highest BCUT2D eigenvalue weighted by molar-refractivity contribution is 7.91. The fraction of sp³-hybridized carbons (Fsp3) is 0.190. The Morgan fingerprint density at radius 2 is 1.90 bits per heavy atom. The quantitative estimate of drug-likeness (QED) is 0.643. The highest BCUT2D eigenvalue weighted by atomic mass is 35.5. The maximum absolute atomic E-state index is 13.3. The molecule has 3 aromatic rings. The molecule has 2 aromatic carbocycles. The lowest BCUT2D eigenvalue weighted by Gasteiger charge is -2.34. The smallest absolute Gasteiger partial charge is 0.253 e. The van der Waals surface area contributed by atoms with Gasteiger partial charge < -0.3 is 5.32 Å². The van der Waals surface area contributed by atoms with Gasteiger partial charge in [-0.2, -0.15) is 4.31 Å². The molecule has 150 valence electrons. The minimum atomic E-state index is -3.80. The van der Waals surface area contributed by atoms with E-state index in [-0.39, 0.29) is 16.7 Å². The van der Waals surface area contributed by atoms with Crippen LogP contribution in [0.4, 0.5) is 5.69 Å². The number of benzene rings is 2. The van der Waals surface area contributed by atoms with Crippen molar-refractivity contribution in [3.63, 3.8) is 0 Å². The first-order valence-electron chi connectivity index (χ1n) is 9.05. The highest BCUT2D eigenvalue weighted by Gasteiger charge is 2.40. The van der Waals surface area contributed by atoms with Crippen molar-refractivity contribution < 1.29 is 13.2 Å². The summed E-state index contributed by atoms with van der Waals surface area (Å²) in [5, 5.41) is 5.09. The van der Waals surface area contributed by atoms with Gasteiger partial charge in [-0.3, -0.25) is 4.79 Å². The summed E-state index contributed by atoms with van der Waals surface area (Å²) in [6, 6.07) is 15.3. The van der Waals surface area contributed by atoms with Gasteiger partial charge in [0.25, 0.3) is 10.0 Å². The van der Waals surface area contributed by atoms with Crippen LogP contribution in [0.2, 0.25) is 5.02 Å². The second-order valence-electron chi connectivity index (χ2n) is 6.92. The van der Waals surface area contributed by atoms with Gasteiger partial charge in [0.15, 0.2) is 0 Å². The van der Waals surface area contributed by atoms with E-state index in [1.807, 2.05) is 37.3 Å². The molecule has 0 radical (unpaired) electrons. The minimum Gasteiger partial charge on any atom is -0.324 e. The van der Waals surface area contributed by atoms with Crippen molar-refractivity contribution in [2.45, 2.75) is 30.1 Å². The molecule has 0 aliphatic carbocycles. The van der Waals surface area contributed by atoms with E-state index in [1.165, 1.54) is 4.31 Å². The summed E-state index contributed by atoms with van der Waals surface area (Å²) in [5.41, 5.74) is 3.32. The van der Waals surface area contributed by atoms with E-state index in [2.05, 4.69) is 5.32 Å². The molecule has 0 spiro atoms. The predicted molar refractivity (Wildman–Crippen MR) is 116 cm³/mol. The number of halogens is 1. The maximum atomic E-state index is 13.3. The Morgan fingerprint density at radius 1 is 1.14 bits per heavy atom. The fourth-order valence-corrected chi connectivity index (χ4v) is 6.30. The molecule has 1 amide bonds. The van der Waals surface area contributed by atoms with Crippen LogP contribution in [-0.4, -0.2) is 24.7 Å². The number of hydrogen-bond donors (Lipinski definition) is 1. The number of nitrogens with one attached hydrogen (secondary N) is 1. The number of carbonyl (C=O) groups excluding carboxylic acids is 1. The summed E-state index contributed by atoms with van der Waals surface area (Å²) in [5.74, 6) is -0.370. The molecule has 4 rings (SSSR count). The molecule has 0 saturated heterocycles. The van der Waals surface area contributed by atoms with Crippen LogP contribution in [-0.2, 0) is 27.8 Å². The zero-order valence-electron chi connectivity index (χ0n) is 15.6. The standard InChI is InChI=1S/C21H19ClN2O3S2/c1-14-8-9-17(22)12-18(14)23-21(25)19-11-15-5-2-3-6-16(15)13-24(19)29(26,27)20-7-4-10-28-20/h2-10,12,19H,11,13H2,1H3,(H,23,25). The summed E-state index contributed by atoms with van der Waals surface area (Å²) >= 11 is 7.21. The van der Waals surface area contributed by atoms with E-state index in [9.17, 15) is 13.2 Å². The van der Waals surface area contributed by atoms with Crippen LogP contribution in [0.3, 0.4) is 0 Å². The Labute approximate surface area is 179 Å². The van der Waals surface area contributed by atoms with Crippen molar-refractivity contribution in [2.75, 3.05) is 5.32 Å². The monoisotopic (exact) mass is 446 g/mol. The maximum Gasteiger partial charge on any atom is 0.253 e. The number of hydrogen-bond acceptors (Lipinski definition) is 4. The van der Waals surface area contributed by atoms with E-state index >= 15 is 0 Å². The number of carbonyl (C=O) groups is 1. The van der Waals surface area contributed by atoms with Crippen LogP contribution in [0.15, 0.2) is 64.2 Å². The van der Waals surface area contributed by atoms with Crippen LogP contribution in [0.25, 0.3) is 0 Å². The largest absolute Gasteiger partial charge is 0.324 e. The van der Waals surface area contributed by atoms with E-state index in [0.29, 0.717) is 17.1 Å². The normalized spacial score (nSPS) is 17.0. The van der Waals surface area contributed by atoms with Gasteiger partial charge in [-0.05, 0) is 53.6 Å². The molecule has 29 heavy (non-hydrogen) atoms. The zero-order chi connectivity index (χ0) is 20.6. The van der Waals surface area contributed by atoms with Crippen molar-refractivity contribution >= 4 is 44.6 Å². The molecule has 0 bridgehead atoms. The number of fused-ring (bicyclic) bond motifs is 1. The molecule has 0 fully saturated rings. The van der Waals surface area contributed by atoms with Crippen LogP contribution in [0.1, 0.15) is 16.7 Å². The number of nitrogens with zero attached hydrogens (tertiary/aromatic N) is 1. The van der Waals surface area contributed by atoms with E-state index in [4.69, 9.17) is 11.6 Å². The summed E-state index contributed by atoms with van der Waals surface area (Å²) in [6.07, 6.45) is 0.312. The van der Waals surface area contributed by atoms with E-state index in [0.717, 1.165) is 28.0 Å². The van der Waals surface area contributed by atoms with Gasteiger partial charge in [0, 0.05) is 17.3 Å². The van der Waals surface area contributed by atoms with Gasteiger partial charge >= 0.3 is 0 Å². The number of rotatable bonds is 4. The molecule has 1 N–H and O–H groups in total. The molecule has 1 aliphatic rings. The molecule has 1 unspecified atom stereocenters. The molecule has 1 aromatic heterocycles. The second kappa shape index (κ2) is 7.91. The summed E-state index contributed by atoms with van der Waals surface area (Å²) in [6.45, 7) is 2.02. The van der Waals surface area contributed by atoms with Crippen LogP contribution in [0, 0.1) is 6.92 Å². The predicted octanol–water partition coefficient (Wildman–Crippen LogP) is 4.46. The number of sulfonamides is 1. The number of anilines is 1. The lowest BCUT2D eigenvalue weighted by atomic mass is 9.95. The van der Waals surface area contributed by atoms with E-state index in [1.54, 1.807) is 29.6 Å². The third-order valence-corrected chi connectivity index (χ3v) is 8.49. The Kier molecular flexibility index (Phi) is 5.48. The second-order valence-corrected chi connectivity index (χ2v) is 10.4. The van der Waals surface area contributed by atoms with Gasteiger partial charge in [0.2, 0.25) is 5.91 Å². The Morgan fingerprint density at radius 3 is 2.62 bits per heavy atom. The summed E-state index contributed by atoms with van der Waals surface area (Å²) < 4.78 is 28.1. The molecule has 0 saturated carbocycles.